The van der Waals surface area contributed by atoms with Crippen molar-refractivity contribution >= 4 is 17.4 Å². The molecule has 0 saturated heterocycles. The number of hydrogen-bond acceptors (Lipinski definition) is 5. The van der Waals surface area contributed by atoms with Crippen LogP contribution in [0.4, 0.5) is 11.5 Å². The monoisotopic (exact) mass is 359 g/mol. The molecule has 3 aromatic rings. The summed E-state index contributed by atoms with van der Waals surface area (Å²) < 4.78 is 0. The Kier molecular flexibility index (Phi) is 4.70. The first-order valence-corrected chi connectivity index (χ1v) is 9.00. The lowest BCUT2D eigenvalue weighted by Gasteiger charge is -2.20. The maximum absolute atomic E-state index is 12.3. The maximum atomic E-state index is 12.3. The molecule has 6 nitrogen and oxygen atoms in total. The first-order valence-electron chi connectivity index (χ1n) is 9.00. The zero-order chi connectivity index (χ0) is 18.6. The second kappa shape index (κ2) is 7.45. The number of para-hydroxylation sites is 1. The van der Waals surface area contributed by atoms with Crippen molar-refractivity contribution in [2.75, 3.05) is 17.6 Å². The predicted molar refractivity (Wildman–Crippen MR) is 105 cm³/mol. The van der Waals surface area contributed by atoms with E-state index in [9.17, 15) is 4.79 Å². The van der Waals surface area contributed by atoms with Gasteiger partial charge in [-0.15, -0.1) is 0 Å². The van der Waals surface area contributed by atoms with Crippen molar-refractivity contribution in [2.24, 2.45) is 0 Å². The summed E-state index contributed by atoms with van der Waals surface area (Å²) in [5, 5.41) is 6.25. The molecule has 0 unspecified atom stereocenters. The summed E-state index contributed by atoms with van der Waals surface area (Å²) in [6, 6.07) is 17.7. The first kappa shape index (κ1) is 17.0. The Morgan fingerprint density at radius 3 is 2.63 bits per heavy atom. The summed E-state index contributed by atoms with van der Waals surface area (Å²) in [4.78, 5) is 21.6. The van der Waals surface area contributed by atoms with E-state index in [1.165, 1.54) is 0 Å². The van der Waals surface area contributed by atoms with Crippen LogP contribution in [0.5, 0.6) is 0 Å². The molecular weight excluding hydrogens is 338 g/mol. The Morgan fingerprint density at radius 1 is 1.04 bits per heavy atom. The van der Waals surface area contributed by atoms with Gasteiger partial charge in [-0.2, -0.15) is 0 Å². The normalized spacial score (nSPS) is 13.0. The van der Waals surface area contributed by atoms with Crippen molar-refractivity contribution < 1.29 is 4.79 Å². The van der Waals surface area contributed by atoms with Crippen molar-refractivity contribution in [3.63, 3.8) is 0 Å². The topological polar surface area (TPSA) is 92.9 Å². The lowest BCUT2D eigenvalue weighted by atomic mass is 10.0. The average Bonchev–Trinajstić information content (AvgIpc) is 2.69. The number of nitrogens with one attached hydrogen (secondary N) is 2. The molecular formula is C21H21N5O. The number of amides is 1. The molecule has 136 valence electrons. The molecule has 1 aliphatic rings. The molecule has 1 aromatic heterocycles. The molecule has 2 aromatic carbocycles. The highest BCUT2D eigenvalue weighted by Crippen LogP contribution is 2.23. The minimum atomic E-state index is -0.149. The largest absolute Gasteiger partial charge is 0.398 e. The number of hydrogen-bond donors (Lipinski definition) is 3. The van der Waals surface area contributed by atoms with E-state index in [1.807, 2.05) is 42.5 Å². The van der Waals surface area contributed by atoms with Crippen LogP contribution in [0.3, 0.4) is 0 Å². The number of carbonyl (C=O) groups excluding carboxylic acids is 1. The van der Waals surface area contributed by atoms with Gasteiger partial charge < -0.3 is 16.4 Å². The standard InChI is InChI=1S/C21H21N5O/c22-17-9-5-4-8-15(17)12-18-25-19-16(10-11-23-21(19)27)20(26-18)24-13-14-6-2-1-3-7-14/h1-9H,10-13,22H2,(H,23,27)(H,24,25,26). The average molecular weight is 359 g/mol. The van der Waals surface area contributed by atoms with Crippen molar-refractivity contribution in [2.45, 2.75) is 19.4 Å². The molecule has 0 aliphatic carbocycles. The summed E-state index contributed by atoms with van der Waals surface area (Å²) in [5.74, 6) is 1.16. The number of nitrogens with two attached hydrogens (primary N) is 1. The van der Waals surface area contributed by atoms with Crippen LogP contribution in [-0.2, 0) is 19.4 Å². The summed E-state index contributed by atoms with van der Waals surface area (Å²) in [6.07, 6.45) is 1.19. The number of nitrogens with zero attached hydrogens (tertiary/aromatic N) is 2. The first-order chi connectivity index (χ1) is 13.2. The molecule has 0 fully saturated rings. The second-order valence-electron chi connectivity index (χ2n) is 6.54. The van der Waals surface area contributed by atoms with Crippen LogP contribution in [0.1, 0.15) is 33.0 Å². The third-order valence-corrected chi connectivity index (χ3v) is 4.64. The quantitative estimate of drug-likeness (QED) is 0.609. The zero-order valence-electron chi connectivity index (χ0n) is 14.9. The number of anilines is 2. The Bertz CT molecular complexity index is 972. The summed E-state index contributed by atoms with van der Waals surface area (Å²) in [7, 11) is 0. The summed E-state index contributed by atoms with van der Waals surface area (Å²) in [6.45, 7) is 1.24. The molecule has 27 heavy (non-hydrogen) atoms. The number of aromatic nitrogens is 2. The fourth-order valence-corrected chi connectivity index (χ4v) is 3.21. The van der Waals surface area contributed by atoms with E-state index in [1.54, 1.807) is 0 Å². The van der Waals surface area contributed by atoms with Crippen LogP contribution in [-0.4, -0.2) is 22.4 Å². The van der Waals surface area contributed by atoms with Crippen LogP contribution in [0.2, 0.25) is 0 Å². The highest BCUT2D eigenvalue weighted by Gasteiger charge is 2.23. The number of benzene rings is 2. The molecule has 1 amide bonds. The molecule has 0 bridgehead atoms. The molecule has 4 N–H and O–H groups in total. The summed E-state index contributed by atoms with van der Waals surface area (Å²) >= 11 is 0. The highest BCUT2D eigenvalue weighted by atomic mass is 16.1. The van der Waals surface area contributed by atoms with E-state index in [0.717, 1.165) is 22.5 Å². The van der Waals surface area contributed by atoms with Gasteiger partial charge in [-0.25, -0.2) is 9.97 Å². The van der Waals surface area contributed by atoms with Gasteiger partial charge in [0, 0.05) is 30.8 Å². The Balaban J connectivity index is 1.67. The van der Waals surface area contributed by atoms with Gasteiger partial charge in [0.15, 0.2) is 0 Å². The third kappa shape index (κ3) is 3.74. The number of nitrogen functional groups attached to an aromatic ring is 1. The van der Waals surface area contributed by atoms with Gasteiger partial charge >= 0.3 is 0 Å². The van der Waals surface area contributed by atoms with Crippen LogP contribution < -0.4 is 16.4 Å². The molecule has 0 radical (unpaired) electrons. The minimum Gasteiger partial charge on any atom is -0.398 e. The van der Waals surface area contributed by atoms with Crippen molar-refractivity contribution in [3.05, 3.63) is 82.8 Å². The molecule has 4 rings (SSSR count). The predicted octanol–water partition coefficient (Wildman–Crippen LogP) is 2.55. The van der Waals surface area contributed by atoms with Crippen LogP contribution in [0, 0.1) is 0 Å². The molecule has 0 saturated carbocycles. The van der Waals surface area contributed by atoms with E-state index in [2.05, 4.69) is 27.8 Å². The Morgan fingerprint density at radius 2 is 1.81 bits per heavy atom. The van der Waals surface area contributed by atoms with Gasteiger partial charge in [0.2, 0.25) is 0 Å². The Labute approximate surface area is 157 Å². The SMILES string of the molecule is Nc1ccccc1Cc1nc(NCc2ccccc2)c2c(n1)C(=O)NCC2. The smallest absolute Gasteiger partial charge is 0.270 e. The highest BCUT2D eigenvalue weighted by molar-refractivity contribution is 5.96. The fourth-order valence-electron chi connectivity index (χ4n) is 3.21. The van der Waals surface area contributed by atoms with E-state index in [4.69, 9.17) is 10.7 Å². The fraction of sp³-hybridized carbons (Fsp3) is 0.190. The van der Waals surface area contributed by atoms with Crippen molar-refractivity contribution in [1.82, 2.24) is 15.3 Å². The van der Waals surface area contributed by atoms with E-state index in [-0.39, 0.29) is 5.91 Å². The van der Waals surface area contributed by atoms with Gasteiger partial charge in [0.25, 0.3) is 5.91 Å². The van der Waals surface area contributed by atoms with Gasteiger partial charge in [-0.1, -0.05) is 48.5 Å². The molecule has 1 aliphatic heterocycles. The number of fused-ring (bicyclic) bond motifs is 1. The third-order valence-electron chi connectivity index (χ3n) is 4.64. The molecule has 0 spiro atoms. The minimum absolute atomic E-state index is 0.149. The second-order valence-corrected chi connectivity index (χ2v) is 6.54. The van der Waals surface area contributed by atoms with Gasteiger partial charge in [-0.05, 0) is 23.6 Å². The van der Waals surface area contributed by atoms with E-state index < -0.39 is 0 Å². The van der Waals surface area contributed by atoms with Crippen LogP contribution in [0.15, 0.2) is 54.6 Å². The van der Waals surface area contributed by atoms with Crippen molar-refractivity contribution in [3.8, 4) is 0 Å². The Hall–Kier alpha value is -3.41. The number of carbonyl (C=O) groups is 1. The molecule has 2 heterocycles. The molecule has 6 heteroatoms. The zero-order valence-corrected chi connectivity index (χ0v) is 14.9. The number of rotatable bonds is 5. The summed E-state index contributed by atoms with van der Waals surface area (Å²) in [5.41, 5.74) is 10.2. The lowest BCUT2D eigenvalue weighted by molar-refractivity contribution is 0.0940. The molecule has 0 atom stereocenters. The van der Waals surface area contributed by atoms with Crippen LogP contribution in [0.25, 0.3) is 0 Å². The van der Waals surface area contributed by atoms with E-state index in [0.29, 0.717) is 43.1 Å². The van der Waals surface area contributed by atoms with Gasteiger partial charge in [0.05, 0.1) is 0 Å². The van der Waals surface area contributed by atoms with Gasteiger partial charge in [-0.3, -0.25) is 4.79 Å². The lowest BCUT2D eigenvalue weighted by Crippen LogP contribution is -2.34. The van der Waals surface area contributed by atoms with Gasteiger partial charge in [0.1, 0.15) is 17.3 Å². The van der Waals surface area contributed by atoms with Crippen LogP contribution >= 0.6 is 0 Å². The maximum Gasteiger partial charge on any atom is 0.270 e. The van der Waals surface area contributed by atoms with Crippen molar-refractivity contribution in [1.29, 1.82) is 0 Å². The van der Waals surface area contributed by atoms with E-state index >= 15 is 0 Å².